The zero-order chi connectivity index (χ0) is 13.9. The molecule has 1 aromatic carbocycles. The molecule has 0 heterocycles. The van der Waals surface area contributed by atoms with E-state index in [0.29, 0.717) is 17.0 Å². The summed E-state index contributed by atoms with van der Waals surface area (Å²) >= 11 is 0. The zero-order valence-electron chi connectivity index (χ0n) is 12.0. The van der Waals surface area contributed by atoms with Gasteiger partial charge >= 0.3 is 5.97 Å². The van der Waals surface area contributed by atoms with Gasteiger partial charge in [0, 0.05) is 11.7 Å². The van der Waals surface area contributed by atoms with E-state index in [1.807, 2.05) is 12.1 Å². The number of nitrogens with one attached hydrogen (secondary N) is 1. The first-order chi connectivity index (χ1) is 9.00. The number of rotatable bonds is 3. The summed E-state index contributed by atoms with van der Waals surface area (Å²) in [7, 11) is 1.40. The first-order valence-electron chi connectivity index (χ1n) is 6.95. The summed E-state index contributed by atoms with van der Waals surface area (Å²) in [5.41, 5.74) is 2.17. The van der Waals surface area contributed by atoms with Crippen molar-refractivity contribution < 1.29 is 9.53 Å². The number of methoxy groups -OCH3 is 1. The summed E-state index contributed by atoms with van der Waals surface area (Å²) in [6.45, 7) is 4.68. The molecule has 3 heteroatoms. The number of anilines is 1. The fraction of sp³-hybridized carbons (Fsp3) is 0.562. The Bertz CT molecular complexity index is 427. The van der Waals surface area contributed by atoms with Crippen molar-refractivity contribution in [3.8, 4) is 0 Å². The van der Waals surface area contributed by atoms with Gasteiger partial charge in [-0.15, -0.1) is 0 Å². The summed E-state index contributed by atoms with van der Waals surface area (Å²) in [5, 5.41) is 3.55. The summed E-state index contributed by atoms with van der Waals surface area (Å²) in [6.07, 6.45) is 4.97. The smallest absolute Gasteiger partial charge is 0.337 e. The van der Waals surface area contributed by atoms with Gasteiger partial charge in [0.05, 0.1) is 12.7 Å². The van der Waals surface area contributed by atoms with Crippen molar-refractivity contribution in [2.75, 3.05) is 12.4 Å². The number of hydrogen-bond acceptors (Lipinski definition) is 3. The Morgan fingerprint density at radius 3 is 2.32 bits per heavy atom. The van der Waals surface area contributed by atoms with E-state index in [1.165, 1.54) is 32.8 Å². The maximum absolute atomic E-state index is 11.3. The quantitative estimate of drug-likeness (QED) is 0.840. The van der Waals surface area contributed by atoms with E-state index in [1.54, 1.807) is 12.1 Å². The van der Waals surface area contributed by atoms with E-state index in [-0.39, 0.29) is 5.97 Å². The van der Waals surface area contributed by atoms with Crippen molar-refractivity contribution >= 4 is 11.7 Å². The standard InChI is InChI=1S/C16H23NO2/c1-16(2)10-8-14(9-11-16)17-13-6-4-12(5-7-13)15(18)19-3/h4-7,14,17H,8-11H2,1-3H3. The molecule has 1 aliphatic carbocycles. The third-order valence-electron chi connectivity index (χ3n) is 4.02. The van der Waals surface area contributed by atoms with Crippen LogP contribution in [0.2, 0.25) is 0 Å². The Morgan fingerprint density at radius 1 is 1.21 bits per heavy atom. The second kappa shape index (κ2) is 5.64. The Hall–Kier alpha value is -1.51. The molecule has 1 aromatic rings. The number of ether oxygens (including phenoxy) is 1. The molecule has 104 valence electrons. The molecule has 0 saturated heterocycles. The third kappa shape index (κ3) is 3.72. The lowest BCUT2D eigenvalue weighted by atomic mass is 9.75. The van der Waals surface area contributed by atoms with Crippen LogP contribution in [0.5, 0.6) is 0 Å². The number of hydrogen-bond donors (Lipinski definition) is 1. The maximum atomic E-state index is 11.3. The molecule has 0 amide bonds. The molecule has 2 rings (SSSR count). The number of carbonyl (C=O) groups excluding carboxylic acids is 1. The first kappa shape index (κ1) is 13.9. The monoisotopic (exact) mass is 261 g/mol. The average Bonchev–Trinajstić information content (AvgIpc) is 2.41. The van der Waals surface area contributed by atoms with Gasteiger partial charge in [0.2, 0.25) is 0 Å². The van der Waals surface area contributed by atoms with E-state index >= 15 is 0 Å². The average molecular weight is 261 g/mol. The van der Waals surface area contributed by atoms with Crippen LogP contribution in [0, 0.1) is 5.41 Å². The molecule has 0 spiro atoms. The Labute approximate surface area is 115 Å². The highest BCUT2D eigenvalue weighted by molar-refractivity contribution is 5.89. The van der Waals surface area contributed by atoms with Crippen LogP contribution in [0.1, 0.15) is 49.9 Å². The van der Waals surface area contributed by atoms with Gasteiger partial charge in [0.25, 0.3) is 0 Å². The molecule has 0 radical (unpaired) electrons. The highest BCUT2D eigenvalue weighted by Gasteiger charge is 2.26. The minimum atomic E-state index is -0.286. The summed E-state index contributed by atoms with van der Waals surface area (Å²) in [5.74, 6) is -0.286. The van der Waals surface area contributed by atoms with Crippen LogP contribution in [-0.4, -0.2) is 19.1 Å². The van der Waals surface area contributed by atoms with Crippen LogP contribution < -0.4 is 5.32 Å². The van der Waals surface area contributed by atoms with Gasteiger partial charge in [0.15, 0.2) is 0 Å². The normalized spacial score (nSPS) is 18.9. The largest absolute Gasteiger partial charge is 0.465 e. The van der Waals surface area contributed by atoms with E-state index in [9.17, 15) is 4.79 Å². The van der Waals surface area contributed by atoms with E-state index in [0.717, 1.165) is 5.69 Å². The highest BCUT2D eigenvalue weighted by Crippen LogP contribution is 2.36. The fourth-order valence-corrected chi connectivity index (χ4v) is 2.60. The van der Waals surface area contributed by atoms with Gasteiger partial charge in [-0.25, -0.2) is 4.79 Å². The van der Waals surface area contributed by atoms with Crippen molar-refractivity contribution in [2.24, 2.45) is 5.41 Å². The lowest BCUT2D eigenvalue weighted by Gasteiger charge is -2.35. The molecule has 19 heavy (non-hydrogen) atoms. The molecule has 1 aliphatic rings. The van der Waals surface area contributed by atoms with Gasteiger partial charge in [-0.3, -0.25) is 0 Å². The number of esters is 1. The lowest BCUT2D eigenvalue weighted by Crippen LogP contribution is -2.29. The second-order valence-corrected chi connectivity index (χ2v) is 6.15. The Morgan fingerprint density at radius 2 is 1.79 bits per heavy atom. The molecule has 0 aromatic heterocycles. The van der Waals surface area contributed by atoms with E-state index in [2.05, 4.69) is 23.9 Å². The lowest BCUT2D eigenvalue weighted by molar-refractivity contribution is 0.0601. The molecule has 0 unspecified atom stereocenters. The minimum Gasteiger partial charge on any atom is -0.465 e. The molecule has 1 N–H and O–H groups in total. The van der Waals surface area contributed by atoms with Crippen molar-refractivity contribution in [1.82, 2.24) is 0 Å². The number of benzene rings is 1. The zero-order valence-corrected chi connectivity index (χ0v) is 12.0. The topological polar surface area (TPSA) is 38.3 Å². The summed E-state index contributed by atoms with van der Waals surface area (Å²) in [6, 6.07) is 8.07. The molecule has 0 aliphatic heterocycles. The van der Waals surface area contributed by atoms with Crippen LogP contribution in [0.3, 0.4) is 0 Å². The van der Waals surface area contributed by atoms with Crippen LogP contribution in [-0.2, 0) is 4.74 Å². The molecule has 0 atom stereocenters. The van der Waals surface area contributed by atoms with Crippen molar-refractivity contribution in [3.05, 3.63) is 29.8 Å². The SMILES string of the molecule is COC(=O)c1ccc(NC2CCC(C)(C)CC2)cc1. The molecule has 1 saturated carbocycles. The molecule has 3 nitrogen and oxygen atoms in total. The highest BCUT2D eigenvalue weighted by atomic mass is 16.5. The van der Waals surface area contributed by atoms with E-state index in [4.69, 9.17) is 0 Å². The summed E-state index contributed by atoms with van der Waals surface area (Å²) < 4.78 is 4.69. The Kier molecular flexibility index (Phi) is 4.13. The van der Waals surface area contributed by atoms with Crippen LogP contribution in [0.25, 0.3) is 0 Å². The first-order valence-corrected chi connectivity index (χ1v) is 6.95. The van der Waals surface area contributed by atoms with Crippen molar-refractivity contribution in [3.63, 3.8) is 0 Å². The van der Waals surface area contributed by atoms with Crippen LogP contribution in [0.15, 0.2) is 24.3 Å². The second-order valence-electron chi connectivity index (χ2n) is 6.15. The van der Waals surface area contributed by atoms with Gasteiger partial charge in [-0.05, 0) is 55.4 Å². The molecule has 0 bridgehead atoms. The van der Waals surface area contributed by atoms with E-state index < -0.39 is 0 Å². The van der Waals surface area contributed by atoms with Crippen molar-refractivity contribution in [1.29, 1.82) is 0 Å². The van der Waals surface area contributed by atoms with Gasteiger partial charge in [0.1, 0.15) is 0 Å². The predicted octanol–water partition coefficient (Wildman–Crippen LogP) is 3.85. The minimum absolute atomic E-state index is 0.286. The number of carbonyl (C=O) groups is 1. The van der Waals surface area contributed by atoms with Gasteiger partial charge < -0.3 is 10.1 Å². The Balaban J connectivity index is 1.92. The van der Waals surface area contributed by atoms with Crippen LogP contribution in [0.4, 0.5) is 5.69 Å². The molecular weight excluding hydrogens is 238 g/mol. The fourth-order valence-electron chi connectivity index (χ4n) is 2.60. The van der Waals surface area contributed by atoms with Crippen molar-refractivity contribution in [2.45, 2.75) is 45.6 Å². The third-order valence-corrected chi connectivity index (χ3v) is 4.02. The van der Waals surface area contributed by atoms with Gasteiger partial charge in [-0.1, -0.05) is 13.8 Å². The van der Waals surface area contributed by atoms with Crippen LogP contribution >= 0.6 is 0 Å². The molecule has 1 fully saturated rings. The van der Waals surface area contributed by atoms with Gasteiger partial charge in [-0.2, -0.15) is 0 Å². The predicted molar refractivity (Wildman–Crippen MR) is 77.4 cm³/mol. The summed E-state index contributed by atoms with van der Waals surface area (Å²) in [4.78, 5) is 11.3. The molecular formula is C16H23NO2. The maximum Gasteiger partial charge on any atom is 0.337 e.